The normalized spacial score (nSPS) is 16.8. The van der Waals surface area contributed by atoms with Gasteiger partial charge in [-0.25, -0.2) is 9.97 Å². The minimum absolute atomic E-state index is 0.0119. The number of carbonyl (C=O) groups excluding carboxylic acids is 1. The van der Waals surface area contributed by atoms with Crippen molar-refractivity contribution in [2.24, 2.45) is 16.1 Å². The van der Waals surface area contributed by atoms with Gasteiger partial charge < -0.3 is 5.73 Å². The molecule has 1 amide bonds. The molecule has 0 saturated carbocycles. The molecule has 8 heteroatoms. The highest BCUT2D eigenvalue weighted by molar-refractivity contribution is 7.99. The summed E-state index contributed by atoms with van der Waals surface area (Å²) >= 11 is 1.74. The monoisotopic (exact) mass is 364 g/mol. The second-order valence-corrected chi connectivity index (χ2v) is 7.53. The van der Waals surface area contributed by atoms with Gasteiger partial charge in [0.1, 0.15) is 6.04 Å². The highest BCUT2D eigenvalue weighted by Crippen LogP contribution is 2.27. The van der Waals surface area contributed by atoms with E-state index < -0.39 is 0 Å². The molecule has 0 aliphatic carbocycles. The van der Waals surface area contributed by atoms with E-state index in [9.17, 15) is 4.79 Å². The number of amides is 1. The summed E-state index contributed by atoms with van der Waals surface area (Å²) in [5.41, 5.74) is 6.14. The first-order valence-electron chi connectivity index (χ1n) is 9.05. The van der Waals surface area contributed by atoms with Crippen molar-refractivity contribution in [3.05, 3.63) is 18.0 Å². The lowest BCUT2D eigenvalue weighted by Gasteiger charge is -2.14. The number of thioether (sulfide) groups is 1. The van der Waals surface area contributed by atoms with Gasteiger partial charge in [-0.05, 0) is 25.7 Å². The first-order valence-corrected chi connectivity index (χ1v) is 9.93. The van der Waals surface area contributed by atoms with E-state index >= 15 is 0 Å². The second-order valence-electron chi connectivity index (χ2n) is 6.27. The molecule has 0 spiro atoms. The molecule has 0 saturated heterocycles. The number of nitrogens with two attached hydrogens (primary N) is 1. The molecule has 0 bridgehead atoms. The van der Waals surface area contributed by atoms with Crippen LogP contribution in [-0.2, 0) is 4.79 Å². The summed E-state index contributed by atoms with van der Waals surface area (Å²) in [4.78, 5) is 19.7. The van der Waals surface area contributed by atoms with Gasteiger partial charge in [-0.1, -0.05) is 37.3 Å². The predicted octanol–water partition coefficient (Wildman–Crippen LogP) is 3.53. The van der Waals surface area contributed by atoms with Crippen molar-refractivity contribution in [2.45, 2.75) is 68.8 Å². The zero-order chi connectivity index (χ0) is 18.1. The fraction of sp³-hybridized carbons (Fsp3) is 0.706. The Balaban J connectivity index is 1.74. The first kappa shape index (κ1) is 19.6. The van der Waals surface area contributed by atoms with Crippen LogP contribution >= 0.6 is 11.8 Å². The molecule has 2 rings (SSSR count). The van der Waals surface area contributed by atoms with Gasteiger partial charge >= 0.3 is 0 Å². The van der Waals surface area contributed by atoms with Crippen LogP contribution in [0.2, 0.25) is 0 Å². The van der Waals surface area contributed by atoms with Crippen LogP contribution in [0, 0.1) is 0 Å². The molecule has 0 aromatic carbocycles. The maximum Gasteiger partial charge on any atom is 0.217 e. The van der Waals surface area contributed by atoms with E-state index in [1.54, 1.807) is 11.8 Å². The molecule has 138 valence electrons. The van der Waals surface area contributed by atoms with Gasteiger partial charge in [0.15, 0.2) is 5.16 Å². The Labute approximate surface area is 153 Å². The molecular formula is C17H28N6OS. The molecule has 0 radical (unpaired) electrons. The van der Waals surface area contributed by atoms with Crippen molar-refractivity contribution in [1.82, 2.24) is 15.0 Å². The molecule has 25 heavy (non-hydrogen) atoms. The Kier molecular flexibility index (Phi) is 8.11. The van der Waals surface area contributed by atoms with E-state index in [2.05, 4.69) is 34.2 Å². The molecule has 0 fully saturated rings. The molecule has 1 unspecified atom stereocenters. The quantitative estimate of drug-likeness (QED) is 0.368. The molecule has 1 aliphatic heterocycles. The van der Waals surface area contributed by atoms with Crippen LogP contribution in [0.15, 0.2) is 27.9 Å². The Bertz CT molecular complexity index is 561. The first-order chi connectivity index (χ1) is 12.1. The number of nitrogens with zero attached hydrogens (tertiary/aromatic N) is 5. The fourth-order valence-electron chi connectivity index (χ4n) is 2.65. The number of carbonyl (C=O) groups is 1. The van der Waals surface area contributed by atoms with Crippen molar-refractivity contribution >= 4 is 17.7 Å². The average molecular weight is 365 g/mol. The summed E-state index contributed by atoms with van der Waals surface area (Å²) in [5, 5.41) is 11.9. The van der Waals surface area contributed by atoms with Crippen LogP contribution in [0.3, 0.4) is 0 Å². The number of primary amides is 1. The van der Waals surface area contributed by atoms with Crippen LogP contribution in [0.25, 0.3) is 0 Å². The van der Waals surface area contributed by atoms with Crippen molar-refractivity contribution in [1.29, 1.82) is 0 Å². The topological polar surface area (TPSA) is 96.8 Å². The highest BCUT2D eigenvalue weighted by Gasteiger charge is 2.21. The van der Waals surface area contributed by atoms with Crippen molar-refractivity contribution in [3.8, 4) is 0 Å². The maximum absolute atomic E-state index is 10.7. The van der Waals surface area contributed by atoms with E-state index in [0.29, 0.717) is 11.7 Å². The lowest BCUT2D eigenvalue weighted by atomic mass is 10.1. The Hall–Kier alpha value is -1.70. The Morgan fingerprint density at radius 3 is 2.64 bits per heavy atom. The molecule has 1 aromatic heterocycles. The number of unbranched alkanes of at least 4 members (excludes halogenated alkanes) is 2. The average Bonchev–Trinajstić information content (AvgIpc) is 3.08. The van der Waals surface area contributed by atoms with E-state index in [1.807, 2.05) is 17.4 Å². The Morgan fingerprint density at radius 1 is 1.28 bits per heavy atom. The molecule has 7 nitrogen and oxygen atoms in total. The van der Waals surface area contributed by atoms with Crippen LogP contribution in [-0.4, -0.2) is 39.2 Å². The van der Waals surface area contributed by atoms with Gasteiger partial charge in [0.05, 0.1) is 6.54 Å². The summed E-state index contributed by atoms with van der Waals surface area (Å²) in [6, 6.07) is 0.0119. The molecular weight excluding hydrogens is 336 g/mol. The zero-order valence-corrected chi connectivity index (χ0v) is 15.9. The number of hydrogen-bond acceptors (Lipinski definition) is 7. The summed E-state index contributed by atoms with van der Waals surface area (Å²) < 4.78 is 0. The van der Waals surface area contributed by atoms with E-state index in [0.717, 1.165) is 55.9 Å². The highest BCUT2D eigenvalue weighted by atomic mass is 32.2. The van der Waals surface area contributed by atoms with E-state index in [1.165, 1.54) is 0 Å². The van der Waals surface area contributed by atoms with Gasteiger partial charge in [-0.2, -0.15) is 5.11 Å². The van der Waals surface area contributed by atoms with Crippen LogP contribution in [0.4, 0.5) is 0 Å². The van der Waals surface area contributed by atoms with Crippen molar-refractivity contribution in [3.63, 3.8) is 0 Å². The third kappa shape index (κ3) is 6.61. The van der Waals surface area contributed by atoms with Gasteiger partial charge in [0.2, 0.25) is 5.91 Å². The number of hydrogen-bond donors (Lipinski definition) is 1. The standard InChI is InChI=1S/C17H28N6OS/c1-3-14(4-2)25-17-19-10-13(11-20-17)15-12-23(22-21-15)9-7-5-6-8-16(18)24/h10-11,14-15H,3-9,12H2,1-2H3,(H2,18,24). The van der Waals surface area contributed by atoms with Crippen LogP contribution < -0.4 is 5.73 Å². The third-order valence-corrected chi connectivity index (χ3v) is 5.68. The summed E-state index contributed by atoms with van der Waals surface area (Å²) in [7, 11) is 0. The number of rotatable bonds is 11. The molecule has 2 heterocycles. The molecule has 1 aromatic rings. The van der Waals surface area contributed by atoms with Gasteiger partial charge in [0, 0.05) is 36.2 Å². The minimum Gasteiger partial charge on any atom is -0.370 e. The fourth-order valence-corrected chi connectivity index (χ4v) is 3.51. The lowest BCUT2D eigenvalue weighted by Crippen LogP contribution is -2.19. The summed E-state index contributed by atoms with van der Waals surface area (Å²) in [6.45, 7) is 5.99. The largest absolute Gasteiger partial charge is 0.370 e. The molecule has 1 aliphatic rings. The third-order valence-electron chi connectivity index (χ3n) is 4.26. The summed E-state index contributed by atoms with van der Waals surface area (Å²) in [6.07, 6.45) is 9.26. The van der Waals surface area contributed by atoms with Crippen LogP contribution in [0.1, 0.15) is 64.0 Å². The van der Waals surface area contributed by atoms with E-state index in [4.69, 9.17) is 5.73 Å². The molecule has 2 N–H and O–H groups in total. The van der Waals surface area contributed by atoms with Crippen LogP contribution in [0.5, 0.6) is 0 Å². The lowest BCUT2D eigenvalue weighted by molar-refractivity contribution is -0.118. The molecule has 1 atom stereocenters. The summed E-state index contributed by atoms with van der Waals surface area (Å²) in [5.74, 6) is -0.230. The van der Waals surface area contributed by atoms with Gasteiger partial charge in [-0.3, -0.25) is 9.80 Å². The van der Waals surface area contributed by atoms with Crippen molar-refractivity contribution in [2.75, 3.05) is 13.1 Å². The zero-order valence-electron chi connectivity index (χ0n) is 15.1. The second kappa shape index (κ2) is 10.3. The smallest absolute Gasteiger partial charge is 0.217 e. The SMILES string of the molecule is CCC(CC)Sc1ncc(C2CN(CCCCCC(N)=O)N=N2)cn1. The Morgan fingerprint density at radius 2 is 2.00 bits per heavy atom. The maximum atomic E-state index is 10.7. The number of aromatic nitrogens is 2. The van der Waals surface area contributed by atoms with E-state index in [-0.39, 0.29) is 11.9 Å². The minimum atomic E-state index is -0.230. The van der Waals surface area contributed by atoms with Crippen molar-refractivity contribution < 1.29 is 4.79 Å². The van der Waals surface area contributed by atoms with Gasteiger partial charge in [0.25, 0.3) is 0 Å². The predicted molar refractivity (Wildman–Crippen MR) is 99.1 cm³/mol. The van der Waals surface area contributed by atoms with Gasteiger partial charge in [-0.15, -0.1) is 0 Å².